The zero-order chi connectivity index (χ0) is 16.5. The summed E-state index contributed by atoms with van der Waals surface area (Å²) in [5.74, 6) is -0.0959. The minimum atomic E-state index is -0.943. The van der Waals surface area contributed by atoms with Crippen molar-refractivity contribution in [2.45, 2.75) is 109 Å². The molecule has 0 aromatic rings. The number of ketones is 1. The summed E-state index contributed by atoms with van der Waals surface area (Å²) in [7, 11) is 0. The Bertz CT molecular complexity index is 244. The smallest absolute Gasteiger partial charge is 0.162 e. The van der Waals surface area contributed by atoms with Gasteiger partial charge in [-0.15, -0.1) is 0 Å². The number of carbonyl (C=O) groups excluding carboxylic acids is 1. The fraction of sp³-hybridized carbons (Fsp3) is 0.947. The average Bonchev–Trinajstić information content (AvgIpc) is 2.54. The Balaban J connectivity index is 3.10. The number of rotatable bonds is 17. The van der Waals surface area contributed by atoms with Crippen LogP contribution in [0.2, 0.25) is 0 Å². The molecule has 0 radical (unpaired) electrons. The van der Waals surface area contributed by atoms with Crippen molar-refractivity contribution in [1.82, 2.24) is 0 Å². The molecule has 0 aromatic heterocycles. The summed E-state index contributed by atoms with van der Waals surface area (Å²) in [4.78, 5) is 11.4. The molecule has 22 heavy (non-hydrogen) atoms. The molecule has 0 bridgehead atoms. The summed E-state index contributed by atoms with van der Waals surface area (Å²) in [6, 6.07) is 0. The van der Waals surface area contributed by atoms with Gasteiger partial charge in [0.1, 0.15) is 6.10 Å². The highest BCUT2D eigenvalue weighted by molar-refractivity contribution is 5.82. The summed E-state index contributed by atoms with van der Waals surface area (Å²) in [6.45, 7) is 2.32. The third-order valence-electron chi connectivity index (χ3n) is 4.37. The van der Waals surface area contributed by atoms with E-state index in [4.69, 9.17) is 5.73 Å². The summed E-state index contributed by atoms with van der Waals surface area (Å²) in [5.41, 5.74) is 5.25. The van der Waals surface area contributed by atoms with E-state index in [2.05, 4.69) is 6.92 Å². The van der Waals surface area contributed by atoms with Crippen LogP contribution < -0.4 is 5.73 Å². The highest BCUT2D eigenvalue weighted by atomic mass is 16.3. The monoisotopic (exact) mass is 313 g/mol. The van der Waals surface area contributed by atoms with E-state index in [9.17, 15) is 9.90 Å². The number of unbranched alkanes of at least 4 members (excludes halogenated alkanes) is 13. The molecule has 0 aliphatic carbocycles. The second-order valence-electron chi connectivity index (χ2n) is 6.56. The fourth-order valence-corrected chi connectivity index (χ4v) is 2.79. The van der Waals surface area contributed by atoms with Crippen molar-refractivity contribution in [1.29, 1.82) is 0 Å². The number of aliphatic hydroxyl groups is 1. The van der Waals surface area contributed by atoms with Gasteiger partial charge in [0, 0.05) is 13.0 Å². The van der Waals surface area contributed by atoms with Gasteiger partial charge in [-0.2, -0.15) is 0 Å². The lowest BCUT2D eigenvalue weighted by Gasteiger charge is -2.06. The quantitative estimate of drug-likeness (QED) is 0.381. The van der Waals surface area contributed by atoms with Crippen LogP contribution in [0, 0.1) is 0 Å². The van der Waals surface area contributed by atoms with Crippen LogP contribution in [-0.4, -0.2) is 23.5 Å². The predicted octanol–water partition coefficient (Wildman–Crippen LogP) is 4.75. The van der Waals surface area contributed by atoms with Crippen LogP contribution in [0.4, 0.5) is 0 Å². The zero-order valence-electron chi connectivity index (χ0n) is 14.8. The van der Waals surface area contributed by atoms with Gasteiger partial charge in [-0.25, -0.2) is 0 Å². The largest absolute Gasteiger partial charge is 0.384 e. The van der Waals surface area contributed by atoms with Gasteiger partial charge in [0.25, 0.3) is 0 Å². The maximum Gasteiger partial charge on any atom is 0.162 e. The first-order chi connectivity index (χ1) is 10.7. The zero-order valence-corrected chi connectivity index (χ0v) is 14.8. The standard InChI is InChI=1S/C19H39NO2/c1-2-3-4-5-6-7-8-9-10-11-12-13-14-15-16-18(21)19(22)17-20/h19,22H,2-17,20H2,1H3. The molecule has 0 amide bonds. The minimum Gasteiger partial charge on any atom is -0.384 e. The van der Waals surface area contributed by atoms with Gasteiger partial charge in [0.05, 0.1) is 0 Å². The first-order valence-corrected chi connectivity index (χ1v) is 9.63. The molecule has 0 aromatic carbocycles. The number of hydrogen-bond donors (Lipinski definition) is 2. The predicted molar refractivity (Wildman–Crippen MR) is 95.0 cm³/mol. The second kappa shape index (κ2) is 17.0. The Morgan fingerprint density at radius 2 is 1.14 bits per heavy atom. The van der Waals surface area contributed by atoms with Gasteiger partial charge in [-0.05, 0) is 6.42 Å². The first-order valence-electron chi connectivity index (χ1n) is 9.63. The molecule has 3 heteroatoms. The molecule has 1 atom stereocenters. The van der Waals surface area contributed by atoms with Crippen LogP contribution in [0.15, 0.2) is 0 Å². The van der Waals surface area contributed by atoms with E-state index >= 15 is 0 Å². The van der Waals surface area contributed by atoms with Crippen LogP contribution in [-0.2, 0) is 4.79 Å². The van der Waals surface area contributed by atoms with Crippen LogP contribution in [0.25, 0.3) is 0 Å². The number of carbonyl (C=O) groups is 1. The van der Waals surface area contributed by atoms with Gasteiger partial charge < -0.3 is 10.8 Å². The fourth-order valence-electron chi connectivity index (χ4n) is 2.79. The molecule has 132 valence electrons. The molecule has 0 saturated carbocycles. The third kappa shape index (κ3) is 14.5. The molecule has 0 heterocycles. The second-order valence-corrected chi connectivity index (χ2v) is 6.56. The van der Waals surface area contributed by atoms with Crippen LogP contribution >= 0.6 is 0 Å². The Kier molecular flexibility index (Phi) is 16.6. The lowest BCUT2D eigenvalue weighted by Crippen LogP contribution is -2.28. The van der Waals surface area contributed by atoms with E-state index in [1.54, 1.807) is 0 Å². The van der Waals surface area contributed by atoms with Gasteiger partial charge in [-0.1, -0.05) is 90.4 Å². The highest BCUT2D eigenvalue weighted by Crippen LogP contribution is 2.13. The van der Waals surface area contributed by atoms with Crippen molar-refractivity contribution in [3.8, 4) is 0 Å². The van der Waals surface area contributed by atoms with Crippen molar-refractivity contribution >= 4 is 5.78 Å². The van der Waals surface area contributed by atoms with E-state index in [-0.39, 0.29) is 12.3 Å². The van der Waals surface area contributed by atoms with E-state index < -0.39 is 6.10 Å². The molecule has 1 unspecified atom stereocenters. The average molecular weight is 314 g/mol. The van der Waals surface area contributed by atoms with Crippen molar-refractivity contribution in [3.63, 3.8) is 0 Å². The lowest BCUT2D eigenvalue weighted by atomic mass is 10.0. The van der Waals surface area contributed by atoms with Crippen LogP contribution in [0.3, 0.4) is 0 Å². The molecule has 0 rings (SSSR count). The van der Waals surface area contributed by atoms with Crippen LogP contribution in [0.5, 0.6) is 0 Å². The molecule has 0 saturated heterocycles. The summed E-state index contributed by atoms with van der Waals surface area (Å²) < 4.78 is 0. The van der Waals surface area contributed by atoms with Crippen molar-refractivity contribution in [3.05, 3.63) is 0 Å². The normalized spacial score (nSPS) is 12.5. The van der Waals surface area contributed by atoms with Crippen molar-refractivity contribution in [2.24, 2.45) is 5.73 Å². The van der Waals surface area contributed by atoms with E-state index in [1.807, 2.05) is 0 Å². The Hall–Kier alpha value is -0.410. The van der Waals surface area contributed by atoms with Gasteiger partial charge in [0.2, 0.25) is 0 Å². The Morgan fingerprint density at radius 1 is 0.773 bits per heavy atom. The van der Waals surface area contributed by atoms with E-state index in [0.29, 0.717) is 6.42 Å². The summed E-state index contributed by atoms with van der Waals surface area (Å²) >= 11 is 0. The number of aliphatic hydroxyl groups excluding tert-OH is 1. The minimum absolute atomic E-state index is 0.0530. The third-order valence-corrected chi connectivity index (χ3v) is 4.37. The maximum absolute atomic E-state index is 11.4. The highest BCUT2D eigenvalue weighted by Gasteiger charge is 2.11. The molecular formula is C19H39NO2. The summed E-state index contributed by atoms with van der Waals surface area (Å²) in [5, 5.41) is 9.26. The Labute approximate surface area is 138 Å². The lowest BCUT2D eigenvalue weighted by molar-refractivity contribution is -0.126. The van der Waals surface area contributed by atoms with Gasteiger partial charge in [0.15, 0.2) is 5.78 Å². The summed E-state index contributed by atoms with van der Waals surface area (Å²) in [6.07, 6.45) is 17.9. The van der Waals surface area contributed by atoms with Crippen molar-refractivity contribution < 1.29 is 9.90 Å². The topological polar surface area (TPSA) is 63.3 Å². The molecule has 0 fully saturated rings. The van der Waals surface area contributed by atoms with Crippen molar-refractivity contribution in [2.75, 3.05) is 6.54 Å². The van der Waals surface area contributed by atoms with Gasteiger partial charge in [-0.3, -0.25) is 4.79 Å². The number of hydrogen-bond acceptors (Lipinski definition) is 3. The maximum atomic E-state index is 11.4. The first kappa shape index (κ1) is 21.6. The number of nitrogens with two attached hydrogens (primary N) is 1. The molecule has 3 N–H and O–H groups in total. The van der Waals surface area contributed by atoms with Crippen LogP contribution in [0.1, 0.15) is 103 Å². The molecule has 3 nitrogen and oxygen atoms in total. The molecule has 0 spiro atoms. The number of Topliss-reactive ketones (excluding diaryl/α,β-unsaturated/α-hetero) is 1. The molecule has 0 aliphatic heterocycles. The molecule has 0 aliphatic rings. The van der Waals surface area contributed by atoms with Gasteiger partial charge >= 0.3 is 0 Å². The van der Waals surface area contributed by atoms with E-state index in [1.165, 1.54) is 77.0 Å². The van der Waals surface area contributed by atoms with E-state index in [0.717, 1.165) is 12.8 Å². The molecular weight excluding hydrogens is 274 g/mol. The Morgan fingerprint density at radius 3 is 1.50 bits per heavy atom. The SMILES string of the molecule is CCCCCCCCCCCCCCCCC(=O)C(O)CN.